The van der Waals surface area contributed by atoms with Gasteiger partial charge in [0.2, 0.25) is 0 Å². The van der Waals surface area contributed by atoms with Crippen molar-refractivity contribution in [1.82, 2.24) is 0 Å². The van der Waals surface area contributed by atoms with Crippen LogP contribution in [0.15, 0.2) is 24.3 Å². The lowest BCUT2D eigenvalue weighted by atomic mass is 10.2. The highest BCUT2D eigenvalue weighted by Crippen LogP contribution is 2.17. The minimum Gasteiger partial charge on any atom is -0.497 e. The van der Waals surface area contributed by atoms with Crippen molar-refractivity contribution in [2.24, 2.45) is 0 Å². The lowest BCUT2D eigenvalue weighted by Gasteiger charge is -2.05. The Morgan fingerprint density at radius 3 is 2.25 bits per heavy atom. The Balaban J connectivity index is 2.12. The zero-order chi connectivity index (χ0) is 11.6. The number of methoxy groups -OCH3 is 1. The number of rotatable bonds is 8. The second kappa shape index (κ2) is 7.99. The average molecular weight is 224 g/mol. The van der Waals surface area contributed by atoms with Crippen LogP contribution in [-0.4, -0.2) is 13.7 Å². The monoisotopic (exact) mass is 224 g/mol. The molecule has 90 valence electrons. The molecule has 3 nitrogen and oxygen atoms in total. The van der Waals surface area contributed by atoms with Gasteiger partial charge in [0.25, 0.3) is 0 Å². The van der Waals surface area contributed by atoms with Crippen LogP contribution in [0.4, 0.5) is 0 Å². The van der Waals surface area contributed by atoms with Crippen LogP contribution in [0.2, 0.25) is 0 Å². The first kappa shape index (κ1) is 12.8. The fourth-order valence-electron chi connectivity index (χ4n) is 1.33. The van der Waals surface area contributed by atoms with E-state index < -0.39 is 0 Å². The lowest BCUT2D eigenvalue weighted by molar-refractivity contribution is -0.207. The fraction of sp³-hybridized carbons (Fsp3) is 0.538. The second-order valence-corrected chi connectivity index (χ2v) is 3.64. The van der Waals surface area contributed by atoms with E-state index in [1.165, 1.54) is 19.3 Å². The molecule has 16 heavy (non-hydrogen) atoms. The van der Waals surface area contributed by atoms with Crippen LogP contribution >= 0.6 is 0 Å². The molecule has 0 aliphatic carbocycles. The van der Waals surface area contributed by atoms with E-state index in [4.69, 9.17) is 14.5 Å². The van der Waals surface area contributed by atoms with Crippen molar-refractivity contribution in [1.29, 1.82) is 0 Å². The molecule has 0 atom stereocenters. The number of ether oxygens (including phenoxy) is 1. The number of hydrogen-bond donors (Lipinski definition) is 0. The van der Waals surface area contributed by atoms with Crippen molar-refractivity contribution in [3.8, 4) is 11.5 Å². The zero-order valence-corrected chi connectivity index (χ0v) is 10.1. The van der Waals surface area contributed by atoms with E-state index in [-0.39, 0.29) is 0 Å². The first-order chi connectivity index (χ1) is 7.86. The third kappa shape index (κ3) is 5.03. The molecule has 0 aliphatic heterocycles. The molecule has 1 aromatic carbocycles. The first-order valence-electron chi connectivity index (χ1n) is 5.80. The van der Waals surface area contributed by atoms with Crippen molar-refractivity contribution >= 4 is 0 Å². The summed E-state index contributed by atoms with van der Waals surface area (Å²) in [6.07, 6.45) is 4.73. The van der Waals surface area contributed by atoms with Crippen LogP contribution in [0.1, 0.15) is 32.6 Å². The quantitative estimate of drug-likeness (QED) is 0.384. The molecule has 0 unspecified atom stereocenters. The maximum absolute atomic E-state index is 5.13. The van der Waals surface area contributed by atoms with Crippen molar-refractivity contribution in [3.05, 3.63) is 24.3 Å². The Bertz CT molecular complexity index is 269. The summed E-state index contributed by atoms with van der Waals surface area (Å²) in [5, 5.41) is 0. The maximum atomic E-state index is 5.13. The molecule has 1 aromatic rings. The van der Waals surface area contributed by atoms with Gasteiger partial charge in [-0.2, -0.15) is 4.89 Å². The summed E-state index contributed by atoms with van der Waals surface area (Å²) in [4.78, 5) is 10.2. The van der Waals surface area contributed by atoms with Gasteiger partial charge in [-0.15, -0.1) is 0 Å². The Kier molecular flexibility index (Phi) is 6.42. The van der Waals surface area contributed by atoms with Crippen LogP contribution in [0.3, 0.4) is 0 Å². The summed E-state index contributed by atoms with van der Waals surface area (Å²) in [7, 11) is 1.64. The Hall–Kier alpha value is -1.22. The van der Waals surface area contributed by atoms with E-state index in [9.17, 15) is 0 Å². The van der Waals surface area contributed by atoms with E-state index in [2.05, 4.69) is 6.92 Å². The predicted octanol–water partition coefficient (Wildman–Crippen LogP) is 3.59. The predicted molar refractivity (Wildman–Crippen MR) is 63.7 cm³/mol. The molecule has 0 N–H and O–H groups in total. The number of unbranched alkanes of at least 4 members (excludes halogenated alkanes) is 3. The highest BCUT2D eigenvalue weighted by Gasteiger charge is 1.96. The topological polar surface area (TPSA) is 27.7 Å². The zero-order valence-electron chi connectivity index (χ0n) is 10.1. The van der Waals surface area contributed by atoms with Crippen LogP contribution in [0.5, 0.6) is 11.5 Å². The van der Waals surface area contributed by atoms with Crippen LogP contribution < -0.4 is 9.62 Å². The molecule has 3 heteroatoms. The fourth-order valence-corrected chi connectivity index (χ4v) is 1.33. The summed E-state index contributed by atoms with van der Waals surface area (Å²) < 4.78 is 5.04. The minimum atomic E-state index is 0.645. The van der Waals surface area contributed by atoms with Gasteiger partial charge in [-0.25, -0.2) is 0 Å². The van der Waals surface area contributed by atoms with Crippen molar-refractivity contribution in [3.63, 3.8) is 0 Å². The van der Waals surface area contributed by atoms with Gasteiger partial charge < -0.3 is 9.62 Å². The number of hydrogen-bond acceptors (Lipinski definition) is 3. The molecule has 0 heterocycles. The van der Waals surface area contributed by atoms with Crippen LogP contribution in [-0.2, 0) is 4.89 Å². The van der Waals surface area contributed by atoms with Gasteiger partial charge in [0.1, 0.15) is 5.75 Å². The van der Waals surface area contributed by atoms with E-state index in [0.29, 0.717) is 12.4 Å². The van der Waals surface area contributed by atoms with Gasteiger partial charge in [0.05, 0.1) is 13.7 Å². The van der Waals surface area contributed by atoms with Crippen molar-refractivity contribution in [2.75, 3.05) is 13.7 Å². The van der Waals surface area contributed by atoms with Gasteiger partial charge in [-0.3, -0.25) is 0 Å². The molecule has 0 saturated heterocycles. The van der Waals surface area contributed by atoms with E-state index >= 15 is 0 Å². The molecule has 0 spiro atoms. The van der Waals surface area contributed by atoms with Crippen molar-refractivity contribution in [2.45, 2.75) is 32.6 Å². The Morgan fingerprint density at radius 1 is 0.938 bits per heavy atom. The smallest absolute Gasteiger partial charge is 0.165 e. The molecule has 0 fully saturated rings. The number of benzene rings is 1. The summed E-state index contributed by atoms with van der Waals surface area (Å²) in [6.45, 7) is 2.83. The van der Waals surface area contributed by atoms with Crippen LogP contribution in [0.25, 0.3) is 0 Å². The maximum Gasteiger partial charge on any atom is 0.165 e. The summed E-state index contributed by atoms with van der Waals surface area (Å²) >= 11 is 0. The van der Waals surface area contributed by atoms with Gasteiger partial charge in [-0.05, 0) is 30.7 Å². The average Bonchev–Trinajstić information content (AvgIpc) is 2.34. The third-order valence-corrected chi connectivity index (χ3v) is 2.30. The summed E-state index contributed by atoms with van der Waals surface area (Å²) in [5.41, 5.74) is 0. The van der Waals surface area contributed by atoms with Crippen LogP contribution in [0, 0.1) is 0 Å². The SMILES string of the molecule is CCCCCCOOc1ccc(OC)cc1. The Labute approximate surface area is 97.3 Å². The second-order valence-electron chi connectivity index (χ2n) is 3.64. The molecular weight excluding hydrogens is 204 g/mol. The molecule has 0 bridgehead atoms. The third-order valence-electron chi connectivity index (χ3n) is 2.30. The first-order valence-corrected chi connectivity index (χ1v) is 5.80. The van der Waals surface area contributed by atoms with E-state index in [0.717, 1.165) is 12.2 Å². The lowest BCUT2D eigenvalue weighted by Crippen LogP contribution is -1.99. The minimum absolute atomic E-state index is 0.645. The van der Waals surface area contributed by atoms with E-state index in [1.807, 2.05) is 24.3 Å². The molecule has 0 amide bonds. The molecule has 0 aromatic heterocycles. The highest BCUT2D eigenvalue weighted by atomic mass is 17.2. The van der Waals surface area contributed by atoms with Gasteiger partial charge >= 0.3 is 0 Å². The Morgan fingerprint density at radius 2 is 1.62 bits per heavy atom. The van der Waals surface area contributed by atoms with Crippen molar-refractivity contribution < 1.29 is 14.5 Å². The summed E-state index contributed by atoms with van der Waals surface area (Å²) in [5.74, 6) is 1.52. The largest absolute Gasteiger partial charge is 0.497 e. The molecule has 1 rings (SSSR count). The highest BCUT2D eigenvalue weighted by molar-refractivity contribution is 5.30. The summed E-state index contributed by atoms with van der Waals surface area (Å²) in [6, 6.07) is 7.33. The van der Waals surface area contributed by atoms with Gasteiger partial charge in [0, 0.05) is 0 Å². The van der Waals surface area contributed by atoms with Gasteiger partial charge in [0.15, 0.2) is 5.75 Å². The normalized spacial score (nSPS) is 10.1. The van der Waals surface area contributed by atoms with Gasteiger partial charge in [-0.1, -0.05) is 26.2 Å². The molecule has 0 radical (unpaired) electrons. The molecular formula is C13H20O3. The molecule has 0 aliphatic rings. The molecule has 0 saturated carbocycles. The standard InChI is InChI=1S/C13H20O3/c1-3-4-5-6-11-15-16-13-9-7-12(14-2)8-10-13/h7-10H,3-6,11H2,1-2H3. The van der Waals surface area contributed by atoms with E-state index in [1.54, 1.807) is 7.11 Å².